The van der Waals surface area contributed by atoms with Gasteiger partial charge in [-0.2, -0.15) is 0 Å². The number of nitrogens with two attached hydrogens (primary N) is 1. The number of aliphatic hydroxyl groups excluding tert-OH is 1. The summed E-state index contributed by atoms with van der Waals surface area (Å²) in [6, 6.07) is -1.21. The molecule has 3 aliphatic carbocycles. The molecule has 0 aromatic heterocycles. The number of carbonyl (C=O) groups excluding carboxylic acids is 4. The average Bonchev–Trinajstić information content (AvgIpc) is 3.21. The van der Waals surface area contributed by atoms with Crippen LogP contribution in [0.15, 0.2) is 11.6 Å². The molecule has 40 heavy (non-hydrogen) atoms. The van der Waals surface area contributed by atoms with Gasteiger partial charge >= 0.3 is 11.9 Å². The number of Topliss-reactive ketones (excluding diaryl/α,β-unsaturated/α-hetero) is 1. The Hall–Kier alpha value is -2.20. The van der Waals surface area contributed by atoms with Crippen LogP contribution in [0.5, 0.6) is 0 Å². The average molecular weight is 570 g/mol. The molecule has 0 heterocycles. The van der Waals surface area contributed by atoms with Crippen molar-refractivity contribution < 1.29 is 42.5 Å². The molecule has 3 N–H and O–H groups in total. The molecule has 0 bridgehead atoms. The number of hydrogen-bond donors (Lipinski definition) is 2. The molecule has 0 spiro atoms. The second-order valence-electron chi connectivity index (χ2n) is 13.0. The normalized spacial score (nSPS) is 37.1. The Labute approximate surface area is 235 Å². The van der Waals surface area contributed by atoms with E-state index >= 15 is 8.78 Å². The number of allylic oxidation sites excluding steroid dienone is 2. The molecular formula is C30H45F2NO7. The Morgan fingerprint density at radius 1 is 1.15 bits per heavy atom. The smallest absolute Gasteiger partial charge is 0.323 e. The van der Waals surface area contributed by atoms with Crippen LogP contribution in [0.1, 0.15) is 80.1 Å². The van der Waals surface area contributed by atoms with Gasteiger partial charge in [-0.3, -0.25) is 19.2 Å². The number of alkyl halides is 2. The van der Waals surface area contributed by atoms with E-state index in [2.05, 4.69) is 0 Å². The van der Waals surface area contributed by atoms with Crippen LogP contribution in [0.4, 0.5) is 8.78 Å². The van der Waals surface area contributed by atoms with Crippen molar-refractivity contribution >= 4 is 23.5 Å². The molecule has 0 saturated heterocycles. The highest BCUT2D eigenvalue weighted by Crippen LogP contribution is 2.68. The zero-order chi connectivity index (χ0) is 30.2. The summed E-state index contributed by atoms with van der Waals surface area (Å²) >= 11 is 0. The molecule has 0 aliphatic heterocycles. The number of carbonyl (C=O) groups is 4. The fraction of sp³-hybridized carbons (Fsp3) is 0.800. The summed E-state index contributed by atoms with van der Waals surface area (Å²) < 4.78 is 42.7. The Bertz CT molecular complexity index is 1050. The summed E-state index contributed by atoms with van der Waals surface area (Å²) in [6.45, 7) is 9.71. The standard InChI is InChI=1S/C30H45F2NO7/c1-7-16(2)14-40-27(38)23(33)12-26(37)39-15-24(35)19-9-8-18-20-11-22(31)21(10-17(3)34)28(4,5)30(20,32)25(36)13-29(18,19)6/h10,16,18-20,22-23,25,36H,7-9,11-15,33H2,1-6H3. The highest BCUT2D eigenvalue weighted by molar-refractivity contribution is 5.88. The Balaban J connectivity index is 1.68. The van der Waals surface area contributed by atoms with E-state index in [9.17, 15) is 24.3 Å². The SMILES string of the molecule is CCC(C)COC(=O)C(N)CC(=O)OCC(=O)C1CCC2C3CC(F)C(=CC(C)=O)C(C)(C)C3(F)C(O)CC12C. The van der Waals surface area contributed by atoms with Gasteiger partial charge in [0, 0.05) is 17.3 Å². The lowest BCUT2D eigenvalue weighted by molar-refractivity contribution is -0.208. The number of ketones is 2. The van der Waals surface area contributed by atoms with Gasteiger partial charge in [0.1, 0.15) is 24.5 Å². The summed E-state index contributed by atoms with van der Waals surface area (Å²) in [5.41, 5.74) is 1.40. The van der Waals surface area contributed by atoms with Gasteiger partial charge < -0.3 is 20.3 Å². The molecule has 10 heteroatoms. The molecule has 0 radical (unpaired) electrons. The quantitative estimate of drug-likeness (QED) is 0.300. The monoisotopic (exact) mass is 569 g/mol. The topological polar surface area (TPSA) is 133 Å². The highest BCUT2D eigenvalue weighted by atomic mass is 19.1. The first kappa shape index (κ1) is 32.3. The lowest BCUT2D eigenvalue weighted by atomic mass is 9.45. The Kier molecular flexibility index (Phi) is 9.66. The van der Waals surface area contributed by atoms with E-state index in [-0.39, 0.29) is 48.4 Å². The van der Waals surface area contributed by atoms with Crippen LogP contribution in [0.3, 0.4) is 0 Å². The van der Waals surface area contributed by atoms with E-state index in [1.165, 1.54) is 20.8 Å². The predicted octanol–water partition coefficient (Wildman–Crippen LogP) is 3.81. The molecule has 9 atom stereocenters. The van der Waals surface area contributed by atoms with Gasteiger partial charge in [-0.1, -0.05) is 41.0 Å². The van der Waals surface area contributed by atoms with Crippen molar-refractivity contribution in [2.24, 2.45) is 40.2 Å². The molecule has 3 fully saturated rings. The minimum absolute atomic E-state index is 0.0182. The van der Waals surface area contributed by atoms with E-state index in [1.54, 1.807) is 0 Å². The van der Waals surface area contributed by atoms with Crippen molar-refractivity contribution in [3.05, 3.63) is 11.6 Å². The summed E-state index contributed by atoms with van der Waals surface area (Å²) in [5, 5.41) is 11.2. The Morgan fingerprint density at radius 2 is 1.80 bits per heavy atom. The van der Waals surface area contributed by atoms with E-state index in [1.807, 2.05) is 20.8 Å². The van der Waals surface area contributed by atoms with Gasteiger partial charge in [0.15, 0.2) is 11.6 Å². The van der Waals surface area contributed by atoms with Gasteiger partial charge in [0.25, 0.3) is 0 Å². The van der Waals surface area contributed by atoms with Gasteiger partial charge in [-0.25, -0.2) is 8.78 Å². The molecule has 0 amide bonds. The fourth-order valence-electron chi connectivity index (χ4n) is 7.54. The molecule has 0 aromatic carbocycles. The van der Waals surface area contributed by atoms with Crippen molar-refractivity contribution in [3.63, 3.8) is 0 Å². The third kappa shape index (κ3) is 5.75. The summed E-state index contributed by atoms with van der Waals surface area (Å²) in [5.74, 6) is -3.97. The number of esters is 2. The third-order valence-corrected chi connectivity index (χ3v) is 10.1. The predicted molar refractivity (Wildman–Crippen MR) is 143 cm³/mol. The summed E-state index contributed by atoms with van der Waals surface area (Å²) in [6.07, 6.45) is -0.835. The van der Waals surface area contributed by atoms with Crippen LogP contribution in [0.2, 0.25) is 0 Å². The maximum Gasteiger partial charge on any atom is 0.323 e. The largest absolute Gasteiger partial charge is 0.464 e. The van der Waals surface area contributed by atoms with Gasteiger partial charge in [0.05, 0.1) is 19.1 Å². The van der Waals surface area contributed by atoms with Crippen molar-refractivity contribution in [2.45, 2.75) is 104 Å². The fourth-order valence-corrected chi connectivity index (χ4v) is 7.54. The van der Waals surface area contributed by atoms with Crippen LogP contribution in [-0.4, -0.2) is 65.8 Å². The van der Waals surface area contributed by atoms with Gasteiger partial charge in [-0.05, 0) is 61.5 Å². The first-order valence-corrected chi connectivity index (χ1v) is 14.3. The van der Waals surface area contributed by atoms with E-state index in [0.29, 0.717) is 12.8 Å². The second kappa shape index (κ2) is 12.0. The van der Waals surface area contributed by atoms with Crippen LogP contribution in [-0.2, 0) is 28.7 Å². The molecular weight excluding hydrogens is 524 g/mol. The molecule has 9 unspecified atom stereocenters. The van der Waals surface area contributed by atoms with Crippen LogP contribution < -0.4 is 5.73 Å². The molecule has 8 nitrogen and oxygen atoms in total. The molecule has 3 rings (SSSR count). The zero-order valence-electron chi connectivity index (χ0n) is 24.5. The van der Waals surface area contributed by atoms with Crippen molar-refractivity contribution in [1.29, 1.82) is 0 Å². The maximum absolute atomic E-state index is 17.0. The van der Waals surface area contributed by atoms with Gasteiger partial charge in [0.2, 0.25) is 0 Å². The number of aliphatic hydroxyl groups is 1. The lowest BCUT2D eigenvalue weighted by Gasteiger charge is -2.62. The highest BCUT2D eigenvalue weighted by Gasteiger charge is 2.71. The van der Waals surface area contributed by atoms with E-state index < -0.39 is 71.6 Å². The number of ether oxygens (including phenoxy) is 2. The number of halogens is 2. The first-order valence-electron chi connectivity index (χ1n) is 14.3. The van der Waals surface area contributed by atoms with Crippen LogP contribution >= 0.6 is 0 Å². The minimum atomic E-state index is -2.18. The van der Waals surface area contributed by atoms with Crippen molar-refractivity contribution in [1.82, 2.24) is 0 Å². The number of hydrogen-bond acceptors (Lipinski definition) is 8. The lowest BCUT2D eigenvalue weighted by Crippen LogP contribution is -2.67. The molecule has 226 valence electrons. The maximum atomic E-state index is 17.0. The van der Waals surface area contributed by atoms with Crippen molar-refractivity contribution in [3.8, 4) is 0 Å². The van der Waals surface area contributed by atoms with Crippen molar-refractivity contribution in [2.75, 3.05) is 13.2 Å². The van der Waals surface area contributed by atoms with Crippen LogP contribution in [0, 0.1) is 34.5 Å². The second-order valence-corrected chi connectivity index (χ2v) is 13.0. The van der Waals surface area contributed by atoms with Gasteiger partial charge in [-0.15, -0.1) is 0 Å². The van der Waals surface area contributed by atoms with Crippen LogP contribution in [0.25, 0.3) is 0 Å². The minimum Gasteiger partial charge on any atom is -0.464 e. The third-order valence-electron chi connectivity index (χ3n) is 10.1. The molecule has 0 aromatic rings. The molecule has 3 aliphatic rings. The number of rotatable bonds is 10. The Morgan fingerprint density at radius 3 is 2.40 bits per heavy atom. The molecule has 3 saturated carbocycles. The zero-order valence-corrected chi connectivity index (χ0v) is 24.5. The number of fused-ring (bicyclic) bond motifs is 3. The summed E-state index contributed by atoms with van der Waals surface area (Å²) in [4.78, 5) is 49.4. The van der Waals surface area contributed by atoms with E-state index in [0.717, 1.165) is 12.5 Å². The summed E-state index contributed by atoms with van der Waals surface area (Å²) in [7, 11) is 0. The first-order chi connectivity index (χ1) is 18.5. The van der Waals surface area contributed by atoms with E-state index in [4.69, 9.17) is 15.2 Å².